The number of aromatic nitrogens is 1. The van der Waals surface area contributed by atoms with E-state index >= 15 is 0 Å². The molecule has 0 atom stereocenters. The first-order chi connectivity index (χ1) is 17.4. The zero-order valence-electron chi connectivity index (χ0n) is 18.7. The zero-order chi connectivity index (χ0) is 22.9. The SMILES string of the molecule is c1ccc2c(c1)Sc1ccccc1-c1c-2c2ccccc2n1-c1ccc2oc3ccccc3c2c1. The van der Waals surface area contributed by atoms with E-state index in [-0.39, 0.29) is 0 Å². The molecule has 3 heterocycles. The highest BCUT2D eigenvalue weighted by molar-refractivity contribution is 7.99. The maximum atomic E-state index is 6.14. The van der Waals surface area contributed by atoms with E-state index in [1.165, 1.54) is 43.1 Å². The first-order valence-electron chi connectivity index (χ1n) is 11.8. The van der Waals surface area contributed by atoms with E-state index in [9.17, 15) is 0 Å². The van der Waals surface area contributed by atoms with E-state index in [0.29, 0.717) is 0 Å². The van der Waals surface area contributed by atoms with Crippen LogP contribution in [0.2, 0.25) is 0 Å². The van der Waals surface area contributed by atoms with Crippen LogP contribution in [0.4, 0.5) is 0 Å². The van der Waals surface area contributed by atoms with Crippen molar-refractivity contribution in [3.63, 3.8) is 0 Å². The van der Waals surface area contributed by atoms with Gasteiger partial charge in [0.25, 0.3) is 0 Å². The molecule has 164 valence electrons. The molecule has 0 unspecified atom stereocenters. The Morgan fingerprint density at radius 3 is 2.09 bits per heavy atom. The Balaban J connectivity index is 1.55. The molecule has 8 rings (SSSR count). The van der Waals surface area contributed by atoms with Crippen molar-refractivity contribution < 1.29 is 4.42 Å². The van der Waals surface area contributed by atoms with Crippen LogP contribution in [0.1, 0.15) is 0 Å². The molecule has 0 amide bonds. The van der Waals surface area contributed by atoms with Crippen LogP contribution in [0.25, 0.3) is 60.9 Å². The van der Waals surface area contributed by atoms with Crippen LogP contribution in [0.3, 0.4) is 0 Å². The van der Waals surface area contributed by atoms with Gasteiger partial charge in [0.2, 0.25) is 0 Å². The molecule has 0 bridgehead atoms. The summed E-state index contributed by atoms with van der Waals surface area (Å²) in [5.41, 5.74) is 9.27. The summed E-state index contributed by atoms with van der Waals surface area (Å²) in [6, 6.07) is 41.2. The van der Waals surface area contributed by atoms with Crippen LogP contribution in [0, 0.1) is 0 Å². The number of rotatable bonds is 1. The molecular formula is C32H19NOS. The molecule has 0 saturated carbocycles. The van der Waals surface area contributed by atoms with Gasteiger partial charge in [-0.3, -0.25) is 0 Å². The van der Waals surface area contributed by atoms with Gasteiger partial charge < -0.3 is 8.98 Å². The van der Waals surface area contributed by atoms with Gasteiger partial charge in [-0.05, 0) is 48.0 Å². The highest BCUT2D eigenvalue weighted by Gasteiger charge is 2.27. The predicted molar refractivity (Wildman–Crippen MR) is 146 cm³/mol. The van der Waals surface area contributed by atoms with E-state index in [0.717, 1.165) is 27.6 Å². The number of nitrogens with zero attached hydrogens (tertiary/aromatic N) is 1. The second kappa shape index (κ2) is 7.14. The third-order valence-corrected chi connectivity index (χ3v) is 8.16. The zero-order valence-corrected chi connectivity index (χ0v) is 19.5. The van der Waals surface area contributed by atoms with Gasteiger partial charge >= 0.3 is 0 Å². The minimum atomic E-state index is 0.916. The quantitative estimate of drug-likeness (QED) is 0.240. The Labute approximate surface area is 206 Å². The molecule has 3 heteroatoms. The number of para-hydroxylation sites is 2. The second-order valence-corrected chi connectivity index (χ2v) is 10.0. The monoisotopic (exact) mass is 465 g/mol. The minimum Gasteiger partial charge on any atom is -0.456 e. The Hall–Kier alpha value is -4.21. The summed E-state index contributed by atoms with van der Waals surface area (Å²) in [4.78, 5) is 2.57. The van der Waals surface area contributed by atoms with E-state index in [1.54, 1.807) is 0 Å². The average molecular weight is 466 g/mol. The van der Waals surface area contributed by atoms with Gasteiger partial charge in [0.15, 0.2) is 0 Å². The van der Waals surface area contributed by atoms with Crippen LogP contribution < -0.4 is 0 Å². The summed E-state index contributed by atoms with van der Waals surface area (Å²) in [6.07, 6.45) is 0. The van der Waals surface area contributed by atoms with E-state index < -0.39 is 0 Å². The van der Waals surface area contributed by atoms with Crippen LogP contribution in [-0.2, 0) is 0 Å². The van der Waals surface area contributed by atoms with Crippen molar-refractivity contribution >= 4 is 44.6 Å². The van der Waals surface area contributed by atoms with Gasteiger partial charge in [-0.15, -0.1) is 0 Å². The van der Waals surface area contributed by atoms with Gasteiger partial charge in [0, 0.05) is 42.8 Å². The summed E-state index contributed by atoms with van der Waals surface area (Å²) in [6.45, 7) is 0. The number of furan rings is 1. The van der Waals surface area contributed by atoms with Gasteiger partial charge in [0.05, 0.1) is 11.2 Å². The molecule has 7 aromatic rings. The summed E-state index contributed by atoms with van der Waals surface area (Å²) < 4.78 is 8.57. The summed E-state index contributed by atoms with van der Waals surface area (Å²) in [5.74, 6) is 0. The van der Waals surface area contributed by atoms with Crippen molar-refractivity contribution in [1.29, 1.82) is 0 Å². The fraction of sp³-hybridized carbons (Fsp3) is 0. The van der Waals surface area contributed by atoms with Crippen LogP contribution in [0.5, 0.6) is 0 Å². The van der Waals surface area contributed by atoms with Gasteiger partial charge in [-0.1, -0.05) is 84.6 Å². The lowest BCUT2D eigenvalue weighted by atomic mass is 9.98. The molecule has 35 heavy (non-hydrogen) atoms. The Morgan fingerprint density at radius 1 is 0.543 bits per heavy atom. The Bertz CT molecular complexity index is 1940. The van der Waals surface area contributed by atoms with Crippen LogP contribution >= 0.6 is 11.8 Å². The van der Waals surface area contributed by atoms with Crippen LogP contribution in [0.15, 0.2) is 129 Å². The number of hydrogen-bond donors (Lipinski definition) is 0. The highest BCUT2D eigenvalue weighted by Crippen LogP contribution is 2.52. The van der Waals surface area contributed by atoms with Crippen molar-refractivity contribution in [2.45, 2.75) is 9.79 Å². The Morgan fingerprint density at radius 2 is 1.20 bits per heavy atom. The van der Waals surface area contributed by atoms with Crippen molar-refractivity contribution in [3.05, 3.63) is 115 Å². The molecule has 1 aliphatic rings. The van der Waals surface area contributed by atoms with E-state index in [2.05, 4.69) is 108 Å². The highest BCUT2D eigenvalue weighted by atomic mass is 32.2. The van der Waals surface area contributed by atoms with Gasteiger partial charge in [0.1, 0.15) is 11.2 Å². The second-order valence-electron chi connectivity index (χ2n) is 8.95. The molecule has 0 radical (unpaired) electrons. The number of fused-ring (bicyclic) bond motifs is 10. The van der Waals surface area contributed by atoms with Crippen molar-refractivity contribution in [2.75, 3.05) is 0 Å². The molecule has 0 aliphatic carbocycles. The van der Waals surface area contributed by atoms with E-state index in [1.807, 2.05) is 23.9 Å². The number of hydrogen-bond acceptors (Lipinski definition) is 2. The van der Waals surface area contributed by atoms with Gasteiger partial charge in [-0.25, -0.2) is 0 Å². The Kier molecular flexibility index (Phi) is 3.91. The molecule has 0 fully saturated rings. The third kappa shape index (κ3) is 2.67. The summed E-state index contributed by atoms with van der Waals surface area (Å²) in [5, 5.41) is 3.55. The minimum absolute atomic E-state index is 0.916. The third-order valence-electron chi connectivity index (χ3n) is 7.01. The molecule has 0 N–H and O–H groups in total. The largest absolute Gasteiger partial charge is 0.456 e. The lowest BCUT2D eigenvalue weighted by Crippen LogP contribution is -1.97. The summed E-state index contributed by atoms with van der Waals surface area (Å²) >= 11 is 1.85. The smallest absolute Gasteiger partial charge is 0.135 e. The van der Waals surface area contributed by atoms with Crippen molar-refractivity contribution in [3.8, 4) is 28.1 Å². The molecule has 0 spiro atoms. The topological polar surface area (TPSA) is 18.1 Å². The lowest BCUT2D eigenvalue weighted by Gasteiger charge is -2.14. The first kappa shape index (κ1) is 19.1. The standard InChI is InChI=1S/C32H19NOS/c1-5-13-26-22(10-1)31-23-11-3-7-15-29(23)35-30-16-8-4-12-24(30)32(31)33(26)20-17-18-28-25(19-20)21-9-2-6-14-27(21)34-28/h1-19H. The normalized spacial score (nSPS) is 12.5. The lowest BCUT2D eigenvalue weighted by molar-refractivity contribution is 0.669. The molecule has 1 aliphatic heterocycles. The molecule has 2 aromatic heterocycles. The molecular weight excluding hydrogens is 446 g/mol. The first-order valence-corrected chi connectivity index (χ1v) is 12.6. The van der Waals surface area contributed by atoms with Crippen molar-refractivity contribution in [1.82, 2.24) is 4.57 Å². The van der Waals surface area contributed by atoms with Gasteiger partial charge in [-0.2, -0.15) is 0 Å². The maximum absolute atomic E-state index is 6.14. The fourth-order valence-electron chi connectivity index (χ4n) is 5.52. The number of benzene rings is 5. The molecule has 2 nitrogen and oxygen atoms in total. The average Bonchev–Trinajstić information content (AvgIpc) is 3.40. The fourth-order valence-corrected chi connectivity index (χ4v) is 6.61. The summed E-state index contributed by atoms with van der Waals surface area (Å²) in [7, 11) is 0. The van der Waals surface area contributed by atoms with E-state index in [4.69, 9.17) is 4.42 Å². The van der Waals surface area contributed by atoms with Crippen LogP contribution in [-0.4, -0.2) is 4.57 Å². The maximum Gasteiger partial charge on any atom is 0.135 e. The molecule has 0 saturated heterocycles. The molecule has 5 aromatic carbocycles. The predicted octanol–water partition coefficient (Wildman–Crippen LogP) is 9.33. The van der Waals surface area contributed by atoms with Crippen molar-refractivity contribution in [2.24, 2.45) is 0 Å².